The zero-order valence-electron chi connectivity index (χ0n) is 21.4. The minimum Gasteiger partial charge on any atom is -0.481 e. The van der Waals surface area contributed by atoms with Crippen LogP contribution in [0.4, 0.5) is 4.79 Å². The van der Waals surface area contributed by atoms with E-state index in [1.807, 2.05) is 18.2 Å². The van der Waals surface area contributed by atoms with Crippen molar-refractivity contribution < 1.29 is 24.2 Å². The first-order valence-corrected chi connectivity index (χ1v) is 13.3. The Morgan fingerprint density at radius 1 is 1.03 bits per heavy atom. The van der Waals surface area contributed by atoms with Crippen LogP contribution in [-0.4, -0.2) is 76.8 Å². The lowest BCUT2D eigenvalue weighted by Gasteiger charge is -2.37. The van der Waals surface area contributed by atoms with E-state index in [1.165, 1.54) is 19.1 Å². The summed E-state index contributed by atoms with van der Waals surface area (Å²) in [6.07, 6.45) is 1.56. The van der Waals surface area contributed by atoms with E-state index in [4.69, 9.17) is 44.3 Å². The number of carbonyl (C=O) groups is 2. The van der Waals surface area contributed by atoms with Gasteiger partial charge in [0.05, 0.1) is 29.4 Å². The Balaban J connectivity index is 1.58. The van der Waals surface area contributed by atoms with Crippen molar-refractivity contribution in [3.05, 3.63) is 63.4 Å². The summed E-state index contributed by atoms with van der Waals surface area (Å²) in [5, 5.41) is 10.9. The normalized spacial score (nSPS) is 13.8. The number of halogens is 3. The predicted molar refractivity (Wildman–Crippen MR) is 150 cm³/mol. The van der Waals surface area contributed by atoms with Crippen LogP contribution in [0.15, 0.2) is 42.6 Å². The van der Waals surface area contributed by atoms with Gasteiger partial charge in [-0.15, -0.1) is 0 Å². The van der Waals surface area contributed by atoms with Gasteiger partial charge in [0, 0.05) is 54.7 Å². The fourth-order valence-electron chi connectivity index (χ4n) is 4.66. The third-order valence-corrected chi connectivity index (χ3v) is 7.83. The van der Waals surface area contributed by atoms with Gasteiger partial charge in [0.25, 0.3) is 0 Å². The number of hydrogen-bond donors (Lipinski definition) is 1. The van der Waals surface area contributed by atoms with Crippen LogP contribution in [0.5, 0.6) is 5.88 Å². The topological polar surface area (TPSA) is 105 Å². The Hall–Kier alpha value is -3.11. The van der Waals surface area contributed by atoms with Gasteiger partial charge in [-0.2, -0.15) is 0 Å². The molecule has 3 aromatic rings. The van der Waals surface area contributed by atoms with E-state index < -0.39 is 6.09 Å². The third kappa shape index (κ3) is 6.38. The molecule has 0 radical (unpaired) electrons. The molecule has 12 heteroatoms. The molecule has 1 aliphatic heterocycles. The van der Waals surface area contributed by atoms with Crippen molar-refractivity contribution in [3.8, 4) is 28.3 Å². The molecule has 0 unspecified atom stereocenters. The van der Waals surface area contributed by atoms with Crippen LogP contribution in [-0.2, 0) is 16.1 Å². The lowest BCUT2D eigenvalue weighted by molar-refractivity contribution is -0.136. The molecule has 39 heavy (non-hydrogen) atoms. The second-order valence-electron chi connectivity index (χ2n) is 8.95. The second-order valence-corrected chi connectivity index (χ2v) is 10.1. The zero-order valence-corrected chi connectivity index (χ0v) is 23.6. The van der Waals surface area contributed by atoms with Crippen molar-refractivity contribution in [2.24, 2.45) is 0 Å². The summed E-state index contributed by atoms with van der Waals surface area (Å²) >= 11 is 19.3. The maximum atomic E-state index is 12.2. The number of aromatic nitrogens is 2. The van der Waals surface area contributed by atoms with Gasteiger partial charge in [-0.1, -0.05) is 53.0 Å². The molecule has 1 fully saturated rings. The van der Waals surface area contributed by atoms with E-state index in [2.05, 4.69) is 9.97 Å². The van der Waals surface area contributed by atoms with Crippen LogP contribution in [0.1, 0.15) is 18.4 Å². The van der Waals surface area contributed by atoms with Crippen molar-refractivity contribution in [1.82, 2.24) is 19.8 Å². The Kier molecular flexibility index (Phi) is 9.50. The molecule has 0 saturated carbocycles. The van der Waals surface area contributed by atoms with Crippen molar-refractivity contribution in [1.29, 1.82) is 0 Å². The highest BCUT2D eigenvalue weighted by atomic mass is 35.5. The van der Waals surface area contributed by atoms with Crippen LogP contribution < -0.4 is 4.74 Å². The molecule has 206 valence electrons. The molecule has 0 atom stereocenters. The molecule has 9 nitrogen and oxygen atoms in total. The number of carbonyl (C=O) groups excluding carboxylic acids is 1. The molecule has 0 spiro atoms. The van der Waals surface area contributed by atoms with Crippen LogP contribution in [0.25, 0.3) is 22.4 Å². The fourth-order valence-corrected chi connectivity index (χ4v) is 5.35. The standard InChI is InChI=1S/C27H27Cl3N4O5/c1-38-15-22(35)33-12-9-17(10-13-33)34(27(36)37)14-16-6-7-21(32-26(16)39-2)20-5-3-4-18(23(20)28)19-8-11-31-25(30)24(19)29/h3-8,11,17H,9-10,12-15H2,1-2H3,(H,36,37). The van der Waals surface area contributed by atoms with E-state index in [0.717, 1.165) is 0 Å². The van der Waals surface area contributed by atoms with Gasteiger partial charge in [-0.05, 0) is 31.0 Å². The van der Waals surface area contributed by atoms with E-state index in [-0.39, 0.29) is 36.1 Å². The number of piperidine rings is 1. The first-order valence-electron chi connectivity index (χ1n) is 12.1. The smallest absolute Gasteiger partial charge is 0.407 e. The molecule has 2 amide bonds. The Labute approximate surface area is 241 Å². The van der Waals surface area contributed by atoms with E-state index in [1.54, 1.807) is 29.3 Å². The number of methoxy groups -OCH3 is 2. The number of likely N-dealkylation sites (tertiary alicyclic amines) is 1. The summed E-state index contributed by atoms with van der Waals surface area (Å²) in [4.78, 5) is 36.0. The first-order chi connectivity index (χ1) is 18.7. The Bertz CT molecular complexity index is 1370. The van der Waals surface area contributed by atoms with Crippen molar-refractivity contribution in [2.45, 2.75) is 25.4 Å². The van der Waals surface area contributed by atoms with Crippen LogP contribution in [0, 0.1) is 0 Å². The van der Waals surface area contributed by atoms with Gasteiger partial charge in [0.15, 0.2) is 0 Å². The number of carboxylic acid groups (broad SMARTS) is 1. The van der Waals surface area contributed by atoms with Gasteiger partial charge in [0.1, 0.15) is 11.8 Å². The maximum Gasteiger partial charge on any atom is 0.407 e. The molecule has 2 aromatic heterocycles. The first kappa shape index (κ1) is 28.9. The molecule has 1 N–H and O–H groups in total. The highest BCUT2D eigenvalue weighted by Gasteiger charge is 2.30. The number of pyridine rings is 2. The molecule has 3 heterocycles. The van der Waals surface area contributed by atoms with Crippen LogP contribution >= 0.6 is 34.8 Å². The lowest BCUT2D eigenvalue weighted by Crippen LogP contribution is -2.48. The number of ether oxygens (including phenoxy) is 2. The summed E-state index contributed by atoms with van der Waals surface area (Å²) in [5.74, 6) is 0.189. The van der Waals surface area contributed by atoms with Crippen molar-refractivity contribution in [2.75, 3.05) is 33.9 Å². The lowest BCUT2D eigenvalue weighted by atomic mass is 10.0. The predicted octanol–water partition coefficient (Wildman–Crippen LogP) is 5.90. The average Bonchev–Trinajstić information content (AvgIpc) is 2.93. The Morgan fingerprint density at radius 3 is 2.38 bits per heavy atom. The number of hydrogen-bond acceptors (Lipinski definition) is 6. The molecule has 0 aliphatic carbocycles. The minimum atomic E-state index is -1.05. The molecular formula is C27H27Cl3N4O5. The van der Waals surface area contributed by atoms with Crippen molar-refractivity contribution in [3.63, 3.8) is 0 Å². The van der Waals surface area contributed by atoms with Crippen molar-refractivity contribution >= 4 is 46.8 Å². The van der Waals surface area contributed by atoms with Gasteiger partial charge in [-0.3, -0.25) is 4.79 Å². The largest absolute Gasteiger partial charge is 0.481 e. The zero-order chi connectivity index (χ0) is 28.1. The quantitative estimate of drug-likeness (QED) is 0.324. The monoisotopic (exact) mass is 592 g/mol. The summed E-state index contributed by atoms with van der Waals surface area (Å²) in [7, 11) is 2.96. The van der Waals surface area contributed by atoms with Gasteiger partial charge in [-0.25, -0.2) is 14.8 Å². The third-order valence-electron chi connectivity index (χ3n) is 6.66. The highest BCUT2D eigenvalue weighted by molar-refractivity contribution is 6.43. The molecule has 1 aromatic carbocycles. The van der Waals surface area contributed by atoms with Gasteiger partial charge < -0.3 is 24.4 Å². The molecule has 4 rings (SSSR count). The summed E-state index contributed by atoms with van der Waals surface area (Å²) in [5.41, 5.74) is 3.11. The molecule has 1 aliphatic rings. The molecule has 0 bridgehead atoms. The second kappa shape index (κ2) is 12.8. The summed E-state index contributed by atoms with van der Waals surface area (Å²) in [6, 6.07) is 10.5. The average molecular weight is 594 g/mol. The minimum absolute atomic E-state index is 0.0127. The molecule has 1 saturated heterocycles. The van der Waals surface area contributed by atoms with E-state index in [9.17, 15) is 14.7 Å². The number of amides is 2. The number of rotatable bonds is 8. The van der Waals surface area contributed by atoms with Crippen LogP contribution in [0.3, 0.4) is 0 Å². The van der Waals surface area contributed by atoms with Gasteiger partial charge >= 0.3 is 6.09 Å². The number of nitrogens with zero attached hydrogens (tertiary/aromatic N) is 4. The Morgan fingerprint density at radius 2 is 1.72 bits per heavy atom. The van der Waals surface area contributed by atoms with E-state index in [0.29, 0.717) is 63.9 Å². The SMILES string of the molecule is COCC(=O)N1CCC(N(Cc2ccc(-c3cccc(-c4ccnc(Cl)c4Cl)c3Cl)nc2OC)C(=O)O)CC1. The maximum absolute atomic E-state index is 12.2. The molecular weight excluding hydrogens is 567 g/mol. The summed E-state index contributed by atoms with van der Waals surface area (Å²) < 4.78 is 10.5. The van der Waals surface area contributed by atoms with Crippen LogP contribution in [0.2, 0.25) is 15.2 Å². The fraction of sp³-hybridized carbons (Fsp3) is 0.333. The summed E-state index contributed by atoms with van der Waals surface area (Å²) in [6.45, 7) is 1.03. The van der Waals surface area contributed by atoms with Gasteiger partial charge in [0.2, 0.25) is 11.8 Å². The number of benzene rings is 1. The highest BCUT2D eigenvalue weighted by Crippen LogP contribution is 2.40. The van der Waals surface area contributed by atoms with E-state index >= 15 is 0 Å².